The van der Waals surface area contributed by atoms with Gasteiger partial charge in [-0.25, -0.2) is 0 Å². The van der Waals surface area contributed by atoms with E-state index in [0.29, 0.717) is 23.6 Å². The Kier molecular flexibility index (Phi) is 11.8. The molecule has 2 aromatic carbocycles. The van der Waals surface area contributed by atoms with Crippen LogP contribution >= 0.6 is 0 Å². The number of hydrogen-bond acceptors (Lipinski definition) is 2. The van der Waals surface area contributed by atoms with Crippen LogP contribution in [0.5, 0.6) is 0 Å². The standard InChI is InChI=1S/C38H56O2Si2/c1-12-32(7)37-33(8)36(41(40-37,29(2)3)30(4)5)26-20-19-21-31(6)27-28-39-42(38(9,10)11,34-22-15-13-16-23-34)35-24-17-14-18-25-35/h12-20,22-27,29-30,33,37H,21,28H2,1-11H3/b20-19+,31-27+,32-12+,36-26+/t33-,37+/m1/s1. The monoisotopic (exact) mass is 600 g/mol. The molecule has 1 saturated heterocycles. The molecule has 0 N–H and O–H groups in total. The molecule has 0 saturated carbocycles. The van der Waals surface area contributed by atoms with Gasteiger partial charge in [-0.1, -0.05) is 152 Å². The van der Waals surface area contributed by atoms with Crippen LogP contribution in [0, 0.1) is 5.92 Å². The fraction of sp³-hybridized carbons (Fsp3) is 0.474. The average molecular weight is 601 g/mol. The van der Waals surface area contributed by atoms with E-state index in [1.807, 2.05) is 0 Å². The number of hydrogen-bond donors (Lipinski definition) is 0. The molecular weight excluding hydrogens is 545 g/mol. The maximum Gasteiger partial charge on any atom is 0.261 e. The van der Waals surface area contributed by atoms with E-state index in [0.717, 1.165) is 6.42 Å². The Balaban J connectivity index is 1.83. The summed E-state index contributed by atoms with van der Waals surface area (Å²) in [6.07, 6.45) is 12.6. The molecular formula is C38H56O2Si2. The Morgan fingerprint density at radius 3 is 1.90 bits per heavy atom. The van der Waals surface area contributed by atoms with Crippen molar-refractivity contribution in [2.24, 2.45) is 5.92 Å². The highest BCUT2D eigenvalue weighted by Crippen LogP contribution is 2.51. The summed E-state index contributed by atoms with van der Waals surface area (Å²) in [4.78, 5) is 0. The van der Waals surface area contributed by atoms with Crippen LogP contribution in [0.15, 0.2) is 107 Å². The molecule has 0 aromatic heterocycles. The SMILES string of the molecule is C/C=C(\C)[C@@H]1O[Si](C(C)C)(C(C)C)/C(=C/C=C/C/C(C)=C/CO[Si](c2ccccc2)(c2ccccc2)C(C)(C)C)[C@H]1C. The van der Waals surface area contributed by atoms with E-state index in [1.165, 1.54) is 21.5 Å². The number of rotatable bonds is 11. The third kappa shape index (κ3) is 6.94. The minimum absolute atomic E-state index is 0.0179. The van der Waals surface area contributed by atoms with Crippen molar-refractivity contribution >= 4 is 27.0 Å². The summed E-state index contributed by atoms with van der Waals surface area (Å²) in [6, 6.07) is 21.8. The summed E-state index contributed by atoms with van der Waals surface area (Å²) in [5.41, 5.74) is 3.76. The molecule has 2 atom stereocenters. The quantitative estimate of drug-likeness (QED) is 0.189. The summed E-state index contributed by atoms with van der Waals surface area (Å²) < 4.78 is 14.1. The van der Waals surface area contributed by atoms with Crippen LogP contribution in [0.4, 0.5) is 0 Å². The molecule has 0 bridgehead atoms. The van der Waals surface area contributed by atoms with Crippen molar-refractivity contribution in [1.29, 1.82) is 0 Å². The Morgan fingerprint density at radius 2 is 1.45 bits per heavy atom. The lowest BCUT2D eigenvalue weighted by Crippen LogP contribution is -2.66. The van der Waals surface area contributed by atoms with Gasteiger partial charge in [0.1, 0.15) is 0 Å². The molecule has 0 aliphatic carbocycles. The summed E-state index contributed by atoms with van der Waals surface area (Å²) >= 11 is 0. The third-order valence-electron chi connectivity index (χ3n) is 9.34. The predicted molar refractivity (Wildman–Crippen MR) is 189 cm³/mol. The summed E-state index contributed by atoms with van der Waals surface area (Å²) in [5, 5.41) is 4.19. The normalized spacial score (nSPS) is 21.3. The van der Waals surface area contributed by atoms with Crippen molar-refractivity contribution in [2.45, 2.75) is 105 Å². The first-order valence-electron chi connectivity index (χ1n) is 15.9. The van der Waals surface area contributed by atoms with Gasteiger partial charge in [0.05, 0.1) is 12.7 Å². The fourth-order valence-electron chi connectivity index (χ4n) is 7.02. The molecule has 228 valence electrons. The molecule has 1 heterocycles. The molecule has 0 spiro atoms. The molecule has 2 aromatic rings. The Labute approximate surface area is 259 Å². The number of allylic oxidation sites excluding steroid dienone is 5. The first-order valence-corrected chi connectivity index (χ1v) is 19.9. The zero-order valence-electron chi connectivity index (χ0n) is 28.2. The van der Waals surface area contributed by atoms with E-state index in [9.17, 15) is 0 Å². The van der Waals surface area contributed by atoms with Gasteiger partial charge in [-0.3, -0.25) is 0 Å². The van der Waals surface area contributed by atoms with E-state index < -0.39 is 16.6 Å². The van der Waals surface area contributed by atoms with Crippen molar-refractivity contribution in [3.63, 3.8) is 0 Å². The van der Waals surface area contributed by atoms with Gasteiger partial charge in [0.2, 0.25) is 8.32 Å². The number of benzene rings is 2. The second kappa shape index (κ2) is 14.5. The summed E-state index contributed by atoms with van der Waals surface area (Å²) in [7, 11) is -4.61. The largest absolute Gasteiger partial charge is 0.405 e. The maximum absolute atomic E-state index is 7.07. The highest BCUT2D eigenvalue weighted by atomic mass is 28.4. The van der Waals surface area contributed by atoms with Crippen LogP contribution in [0.1, 0.15) is 82.6 Å². The lowest BCUT2D eigenvalue weighted by atomic mass is 9.97. The van der Waals surface area contributed by atoms with E-state index in [-0.39, 0.29) is 11.1 Å². The van der Waals surface area contributed by atoms with Crippen LogP contribution in [0.2, 0.25) is 16.1 Å². The average Bonchev–Trinajstić information content (AvgIpc) is 3.26. The van der Waals surface area contributed by atoms with Gasteiger partial charge in [0, 0.05) is 5.92 Å². The van der Waals surface area contributed by atoms with Crippen LogP contribution in [0.3, 0.4) is 0 Å². The summed E-state index contributed by atoms with van der Waals surface area (Å²) in [5.74, 6) is 0.416. The topological polar surface area (TPSA) is 18.5 Å². The first kappa shape index (κ1) is 34.2. The minimum atomic E-state index is -2.52. The van der Waals surface area contributed by atoms with Crippen molar-refractivity contribution in [2.75, 3.05) is 6.61 Å². The van der Waals surface area contributed by atoms with Gasteiger partial charge in [0.25, 0.3) is 8.32 Å². The molecule has 1 aliphatic rings. The second-order valence-electron chi connectivity index (χ2n) is 13.7. The second-order valence-corrected chi connectivity index (χ2v) is 22.8. The van der Waals surface area contributed by atoms with Gasteiger partial charge in [0.15, 0.2) is 0 Å². The molecule has 2 nitrogen and oxygen atoms in total. The maximum atomic E-state index is 7.07. The van der Waals surface area contributed by atoms with Crippen LogP contribution in [-0.4, -0.2) is 29.3 Å². The minimum Gasteiger partial charge on any atom is -0.405 e. The summed E-state index contributed by atoms with van der Waals surface area (Å²) in [6.45, 7) is 26.0. The van der Waals surface area contributed by atoms with Crippen molar-refractivity contribution in [3.8, 4) is 0 Å². The Bertz CT molecular complexity index is 1220. The molecule has 4 heteroatoms. The fourth-order valence-corrected chi connectivity index (χ4v) is 16.9. The van der Waals surface area contributed by atoms with Gasteiger partial charge in [-0.15, -0.1) is 0 Å². The van der Waals surface area contributed by atoms with Gasteiger partial charge < -0.3 is 8.85 Å². The molecule has 1 fully saturated rings. The molecule has 0 amide bonds. The van der Waals surface area contributed by atoms with Crippen molar-refractivity contribution in [3.05, 3.63) is 107 Å². The molecule has 0 unspecified atom stereocenters. The zero-order valence-corrected chi connectivity index (χ0v) is 30.2. The van der Waals surface area contributed by atoms with Crippen LogP contribution in [-0.2, 0) is 8.85 Å². The first-order chi connectivity index (χ1) is 19.8. The van der Waals surface area contributed by atoms with E-state index in [1.54, 1.807) is 5.20 Å². The Hall–Kier alpha value is -2.25. The van der Waals surface area contributed by atoms with E-state index in [4.69, 9.17) is 8.85 Å². The van der Waals surface area contributed by atoms with Crippen LogP contribution < -0.4 is 10.4 Å². The van der Waals surface area contributed by atoms with Gasteiger partial charge in [-0.2, -0.15) is 0 Å². The highest BCUT2D eigenvalue weighted by Gasteiger charge is 2.55. The van der Waals surface area contributed by atoms with Crippen molar-refractivity contribution in [1.82, 2.24) is 0 Å². The van der Waals surface area contributed by atoms with E-state index >= 15 is 0 Å². The lowest BCUT2D eigenvalue weighted by molar-refractivity contribution is 0.215. The smallest absolute Gasteiger partial charge is 0.261 e. The Morgan fingerprint density at radius 1 is 0.929 bits per heavy atom. The molecule has 1 aliphatic heterocycles. The molecule has 42 heavy (non-hydrogen) atoms. The van der Waals surface area contributed by atoms with Crippen molar-refractivity contribution < 1.29 is 8.85 Å². The molecule has 3 rings (SSSR count). The van der Waals surface area contributed by atoms with Gasteiger partial charge in [-0.05, 0) is 64.5 Å². The lowest BCUT2D eigenvalue weighted by Gasteiger charge is -2.42. The third-order valence-corrected chi connectivity index (χ3v) is 19.9. The predicted octanol–water partition coefficient (Wildman–Crippen LogP) is 9.69. The van der Waals surface area contributed by atoms with Gasteiger partial charge >= 0.3 is 0 Å². The van der Waals surface area contributed by atoms with Crippen LogP contribution in [0.25, 0.3) is 0 Å². The molecule has 0 radical (unpaired) electrons. The highest BCUT2D eigenvalue weighted by molar-refractivity contribution is 6.99. The van der Waals surface area contributed by atoms with E-state index in [2.05, 4.69) is 167 Å². The zero-order chi connectivity index (χ0) is 31.1.